The Morgan fingerprint density at radius 3 is 2.89 bits per heavy atom. The van der Waals surface area contributed by atoms with Crippen LogP contribution in [0.25, 0.3) is 11.0 Å². The summed E-state index contributed by atoms with van der Waals surface area (Å²) >= 11 is 0. The normalized spacial score (nSPS) is 13.1. The summed E-state index contributed by atoms with van der Waals surface area (Å²) < 4.78 is 0. The number of hydrogen-bond donors (Lipinski definition) is 2. The van der Waals surface area contributed by atoms with Gasteiger partial charge in [-0.25, -0.2) is 4.98 Å². The van der Waals surface area contributed by atoms with Crippen LogP contribution in [0.3, 0.4) is 0 Å². The van der Waals surface area contributed by atoms with Gasteiger partial charge < -0.3 is 10.1 Å². The molecule has 0 bridgehead atoms. The van der Waals surface area contributed by atoms with E-state index >= 15 is 0 Å². The second-order valence-corrected chi connectivity index (χ2v) is 4.58. The number of nitrogens with one attached hydrogen (secondary N) is 1. The van der Waals surface area contributed by atoms with Gasteiger partial charge in [0.05, 0.1) is 17.1 Å². The third-order valence-corrected chi connectivity index (χ3v) is 2.67. The number of aliphatic hydroxyl groups is 1. The third kappa shape index (κ3) is 2.94. The molecule has 1 heterocycles. The van der Waals surface area contributed by atoms with E-state index in [-0.39, 0.29) is 5.56 Å². The quantitative estimate of drug-likeness (QED) is 0.836. The molecule has 5 nitrogen and oxygen atoms in total. The number of para-hydroxylation sites is 2. The maximum atomic E-state index is 11.8. The monoisotopic (exact) mass is 247 g/mol. The van der Waals surface area contributed by atoms with E-state index in [9.17, 15) is 9.90 Å². The lowest BCUT2D eigenvalue weighted by molar-refractivity contribution is 0.137. The Kier molecular flexibility index (Phi) is 3.74. The van der Waals surface area contributed by atoms with Crippen molar-refractivity contribution in [1.29, 1.82) is 0 Å². The molecule has 0 amide bonds. The fourth-order valence-electron chi connectivity index (χ4n) is 1.95. The van der Waals surface area contributed by atoms with Crippen LogP contribution in [0, 0.1) is 0 Å². The SMILES string of the molecule is CC(O)CN(C)Cc1nc2ccccc2[nH]c1=O. The number of hydrogen-bond acceptors (Lipinski definition) is 4. The number of aromatic nitrogens is 2. The Hall–Kier alpha value is -1.72. The zero-order valence-corrected chi connectivity index (χ0v) is 10.6. The lowest BCUT2D eigenvalue weighted by Crippen LogP contribution is -2.30. The molecule has 0 saturated heterocycles. The van der Waals surface area contributed by atoms with Gasteiger partial charge >= 0.3 is 0 Å². The van der Waals surface area contributed by atoms with E-state index in [1.165, 1.54) is 0 Å². The summed E-state index contributed by atoms with van der Waals surface area (Å²) in [6, 6.07) is 7.44. The maximum absolute atomic E-state index is 11.8. The highest BCUT2D eigenvalue weighted by atomic mass is 16.3. The van der Waals surface area contributed by atoms with E-state index in [1.54, 1.807) is 6.92 Å². The maximum Gasteiger partial charge on any atom is 0.271 e. The van der Waals surface area contributed by atoms with Gasteiger partial charge in [-0.15, -0.1) is 0 Å². The first-order valence-electron chi connectivity index (χ1n) is 5.91. The molecule has 0 radical (unpaired) electrons. The average molecular weight is 247 g/mol. The van der Waals surface area contributed by atoms with Gasteiger partial charge in [-0.1, -0.05) is 12.1 Å². The van der Waals surface area contributed by atoms with Gasteiger partial charge in [-0.3, -0.25) is 9.69 Å². The molecule has 1 atom stereocenters. The van der Waals surface area contributed by atoms with Crippen LogP contribution < -0.4 is 5.56 Å². The van der Waals surface area contributed by atoms with Crippen LogP contribution >= 0.6 is 0 Å². The van der Waals surface area contributed by atoms with E-state index in [2.05, 4.69) is 9.97 Å². The van der Waals surface area contributed by atoms with Crippen molar-refractivity contribution in [2.75, 3.05) is 13.6 Å². The summed E-state index contributed by atoms with van der Waals surface area (Å²) in [7, 11) is 1.85. The Morgan fingerprint density at radius 1 is 1.44 bits per heavy atom. The van der Waals surface area contributed by atoms with Gasteiger partial charge in [-0.2, -0.15) is 0 Å². The minimum absolute atomic E-state index is 0.175. The molecule has 0 saturated carbocycles. The molecule has 2 N–H and O–H groups in total. The Labute approximate surface area is 105 Å². The fraction of sp³-hybridized carbons (Fsp3) is 0.385. The number of rotatable bonds is 4. The van der Waals surface area contributed by atoms with Gasteiger partial charge in [0.2, 0.25) is 0 Å². The number of aliphatic hydroxyl groups excluding tert-OH is 1. The first-order valence-corrected chi connectivity index (χ1v) is 5.91. The van der Waals surface area contributed by atoms with Crippen LogP contribution in [0.1, 0.15) is 12.6 Å². The third-order valence-electron chi connectivity index (χ3n) is 2.67. The molecule has 1 aromatic carbocycles. The molecule has 0 aliphatic heterocycles. The average Bonchev–Trinajstić information content (AvgIpc) is 2.29. The number of likely N-dealkylation sites (N-methyl/N-ethyl adjacent to an activating group) is 1. The number of fused-ring (bicyclic) bond motifs is 1. The van der Waals surface area contributed by atoms with Crippen molar-refractivity contribution in [3.8, 4) is 0 Å². The van der Waals surface area contributed by atoms with Crippen molar-refractivity contribution >= 4 is 11.0 Å². The molecule has 0 aliphatic carbocycles. The second kappa shape index (κ2) is 5.29. The standard InChI is InChI=1S/C13H17N3O2/c1-9(17)7-16(2)8-12-13(18)15-11-6-4-3-5-10(11)14-12/h3-6,9,17H,7-8H2,1-2H3,(H,15,18). The van der Waals surface area contributed by atoms with Gasteiger partial charge in [0, 0.05) is 13.1 Å². The highest BCUT2D eigenvalue weighted by molar-refractivity contribution is 5.73. The minimum atomic E-state index is -0.422. The summed E-state index contributed by atoms with van der Waals surface area (Å²) in [5.41, 5.74) is 1.81. The van der Waals surface area contributed by atoms with Crippen LogP contribution in [0.4, 0.5) is 0 Å². The van der Waals surface area contributed by atoms with Gasteiger partial charge in [0.25, 0.3) is 5.56 Å². The zero-order valence-electron chi connectivity index (χ0n) is 10.6. The molecule has 0 aliphatic rings. The number of aromatic amines is 1. The Bertz CT molecular complexity index is 592. The molecule has 96 valence electrons. The largest absolute Gasteiger partial charge is 0.392 e. The highest BCUT2D eigenvalue weighted by Crippen LogP contribution is 2.06. The molecule has 1 aromatic heterocycles. The van der Waals surface area contributed by atoms with Crippen molar-refractivity contribution in [1.82, 2.24) is 14.9 Å². The first-order chi connectivity index (χ1) is 8.56. The predicted octanol–water partition coefficient (Wildman–Crippen LogP) is 0.736. The molecule has 0 spiro atoms. The summed E-state index contributed by atoms with van der Waals surface area (Å²) in [5.74, 6) is 0. The number of benzene rings is 1. The molecule has 1 unspecified atom stereocenters. The van der Waals surface area contributed by atoms with Crippen LogP contribution in [-0.4, -0.2) is 39.7 Å². The molecule has 18 heavy (non-hydrogen) atoms. The van der Waals surface area contributed by atoms with Crippen molar-refractivity contribution in [2.24, 2.45) is 0 Å². The smallest absolute Gasteiger partial charge is 0.271 e. The second-order valence-electron chi connectivity index (χ2n) is 4.58. The van der Waals surface area contributed by atoms with E-state index in [4.69, 9.17) is 0 Å². The van der Waals surface area contributed by atoms with Gasteiger partial charge in [0.1, 0.15) is 5.69 Å². The van der Waals surface area contributed by atoms with Crippen LogP contribution in [0.5, 0.6) is 0 Å². The lowest BCUT2D eigenvalue weighted by Gasteiger charge is -2.17. The van der Waals surface area contributed by atoms with Crippen LogP contribution in [0.2, 0.25) is 0 Å². The Morgan fingerprint density at radius 2 is 2.17 bits per heavy atom. The Balaban J connectivity index is 2.28. The van der Waals surface area contributed by atoms with E-state index in [0.29, 0.717) is 18.8 Å². The van der Waals surface area contributed by atoms with Gasteiger partial charge in [0.15, 0.2) is 0 Å². The molecular weight excluding hydrogens is 230 g/mol. The zero-order chi connectivity index (χ0) is 13.1. The summed E-state index contributed by atoms with van der Waals surface area (Å²) in [6.07, 6.45) is -0.422. The lowest BCUT2D eigenvalue weighted by atomic mass is 10.3. The highest BCUT2D eigenvalue weighted by Gasteiger charge is 2.09. The van der Waals surface area contributed by atoms with Crippen molar-refractivity contribution in [2.45, 2.75) is 19.6 Å². The summed E-state index contributed by atoms with van der Waals surface area (Å²) in [6.45, 7) is 2.65. The predicted molar refractivity (Wildman–Crippen MR) is 70.4 cm³/mol. The molecule has 5 heteroatoms. The number of H-pyrrole nitrogens is 1. The summed E-state index contributed by atoms with van der Waals surface area (Å²) in [4.78, 5) is 20.9. The van der Waals surface area contributed by atoms with E-state index in [1.807, 2.05) is 36.2 Å². The summed E-state index contributed by atoms with van der Waals surface area (Å²) in [5, 5.41) is 9.29. The van der Waals surface area contributed by atoms with Gasteiger partial charge in [-0.05, 0) is 26.1 Å². The fourth-order valence-corrected chi connectivity index (χ4v) is 1.95. The van der Waals surface area contributed by atoms with Crippen molar-refractivity contribution in [3.05, 3.63) is 40.3 Å². The van der Waals surface area contributed by atoms with Crippen LogP contribution in [-0.2, 0) is 6.54 Å². The number of nitrogens with zero attached hydrogens (tertiary/aromatic N) is 2. The molecule has 0 fully saturated rings. The molecular formula is C13H17N3O2. The molecule has 2 rings (SSSR count). The molecule has 2 aromatic rings. The van der Waals surface area contributed by atoms with Crippen molar-refractivity contribution in [3.63, 3.8) is 0 Å². The minimum Gasteiger partial charge on any atom is -0.392 e. The first kappa shape index (κ1) is 12.7. The van der Waals surface area contributed by atoms with E-state index in [0.717, 1.165) is 11.0 Å². The van der Waals surface area contributed by atoms with Crippen molar-refractivity contribution < 1.29 is 5.11 Å². The topological polar surface area (TPSA) is 69.2 Å². The van der Waals surface area contributed by atoms with Crippen LogP contribution in [0.15, 0.2) is 29.1 Å². The van der Waals surface area contributed by atoms with E-state index < -0.39 is 6.10 Å².